The van der Waals surface area contributed by atoms with Crippen LogP contribution in [0.15, 0.2) is 22.7 Å². The van der Waals surface area contributed by atoms with Crippen molar-refractivity contribution in [3.05, 3.63) is 28.2 Å². The second kappa shape index (κ2) is 6.61. The van der Waals surface area contributed by atoms with Gasteiger partial charge in [-0.25, -0.2) is 0 Å². The van der Waals surface area contributed by atoms with E-state index in [-0.39, 0.29) is 18.6 Å². The minimum atomic E-state index is -0.140. The molecule has 0 saturated carbocycles. The highest BCUT2D eigenvalue weighted by Gasteiger charge is 2.09. The minimum Gasteiger partial charge on any atom is -0.482 e. The van der Waals surface area contributed by atoms with Crippen LogP contribution in [0.1, 0.15) is 19.4 Å². The number of nitrogens with one attached hydrogen (secondary N) is 1. The van der Waals surface area contributed by atoms with Crippen LogP contribution in [0.2, 0.25) is 0 Å². The summed E-state index contributed by atoms with van der Waals surface area (Å²) in [5, 5.41) is 2.76. The quantitative estimate of drug-likeness (QED) is 0.872. The fourth-order valence-electron chi connectivity index (χ4n) is 1.38. The molecule has 0 spiro atoms. The maximum Gasteiger partial charge on any atom is 0.258 e. The summed E-state index contributed by atoms with van der Waals surface area (Å²) in [4.78, 5) is 11.5. The van der Waals surface area contributed by atoms with Gasteiger partial charge in [-0.05, 0) is 35.8 Å². The molecule has 1 rings (SSSR count). The van der Waals surface area contributed by atoms with Crippen LogP contribution in [0.4, 0.5) is 0 Å². The monoisotopic (exact) mass is 300 g/mol. The van der Waals surface area contributed by atoms with E-state index in [4.69, 9.17) is 10.5 Å². The molecule has 0 bridgehead atoms. The van der Waals surface area contributed by atoms with E-state index in [1.807, 2.05) is 32.0 Å². The zero-order chi connectivity index (χ0) is 12.8. The van der Waals surface area contributed by atoms with Gasteiger partial charge in [0.1, 0.15) is 5.75 Å². The first kappa shape index (κ1) is 14.0. The first-order chi connectivity index (χ1) is 8.04. The molecule has 0 unspecified atom stereocenters. The summed E-state index contributed by atoms with van der Waals surface area (Å²) in [6, 6.07) is 5.72. The number of hydrogen-bond acceptors (Lipinski definition) is 3. The summed E-state index contributed by atoms with van der Waals surface area (Å²) >= 11 is 3.38. The van der Waals surface area contributed by atoms with Crippen LogP contribution in [0, 0.1) is 0 Å². The molecule has 0 fully saturated rings. The van der Waals surface area contributed by atoms with Gasteiger partial charge in [-0.1, -0.05) is 12.1 Å². The number of carbonyl (C=O) groups is 1. The van der Waals surface area contributed by atoms with Crippen LogP contribution in [-0.2, 0) is 11.3 Å². The van der Waals surface area contributed by atoms with Crippen molar-refractivity contribution < 1.29 is 9.53 Å². The van der Waals surface area contributed by atoms with Gasteiger partial charge in [0.25, 0.3) is 5.91 Å². The Bertz CT molecular complexity index is 394. The van der Waals surface area contributed by atoms with Crippen molar-refractivity contribution in [3.63, 3.8) is 0 Å². The number of halogens is 1. The lowest BCUT2D eigenvalue weighted by Gasteiger charge is -2.13. The molecule has 0 aromatic heterocycles. The molecule has 4 nitrogen and oxygen atoms in total. The average Bonchev–Trinajstić information content (AvgIpc) is 2.26. The van der Waals surface area contributed by atoms with Crippen molar-refractivity contribution in [1.29, 1.82) is 0 Å². The van der Waals surface area contributed by atoms with Crippen LogP contribution < -0.4 is 15.8 Å². The molecule has 0 saturated heterocycles. The van der Waals surface area contributed by atoms with Gasteiger partial charge in [0.2, 0.25) is 0 Å². The van der Waals surface area contributed by atoms with Crippen LogP contribution in [-0.4, -0.2) is 18.6 Å². The van der Waals surface area contributed by atoms with Gasteiger partial charge < -0.3 is 15.8 Å². The molecule has 0 aliphatic carbocycles. The highest BCUT2D eigenvalue weighted by molar-refractivity contribution is 9.10. The summed E-state index contributed by atoms with van der Waals surface area (Å²) in [5.41, 5.74) is 6.48. The van der Waals surface area contributed by atoms with E-state index in [2.05, 4.69) is 21.2 Å². The Morgan fingerprint density at radius 3 is 2.82 bits per heavy atom. The average molecular weight is 301 g/mol. The molecule has 1 aromatic rings. The molecule has 0 aliphatic rings. The standard InChI is InChI=1S/C12H17BrN2O2/c1-8(2)15-11(16)7-17-12-9(6-14)4-3-5-10(12)13/h3-5,8H,6-7,14H2,1-2H3,(H,15,16). The van der Waals surface area contributed by atoms with Crippen molar-refractivity contribution in [2.75, 3.05) is 6.61 Å². The second-order valence-electron chi connectivity index (χ2n) is 3.94. The number of para-hydroxylation sites is 1. The molecule has 0 aliphatic heterocycles. The molecule has 5 heteroatoms. The first-order valence-corrected chi connectivity index (χ1v) is 6.23. The Kier molecular flexibility index (Phi) is 5.44. The lowest BCUT2D eigenvalue weighted by molar-refractivity contribution is -0.123. The third-order valence-corrected chi connectivity index (χ3v) is 2.69. The van der Waals surface area contributed by atoms with E-state index in [0.29, 0.717) is 12.3 Å². The van der Waals surface area contributed by atoms with E-state index >= 15 is 0 Å². The predicted octanol–water partition coefficient (Wildman–Crippen LogP) is 1.81. The fraction of sp³-hybridized carbons (Fsp3) is 0.417. The number of carbonyl (C=O) groups excluding carboxylic acids is 1. The van der Waals surface area contributed by atoms with Gasteiger partial charge in [-0.2, -0.15) is 0 Å². The van der Waals surface area contributed by atoms with Crippen molar-refractivity contribution in [2.24, 2.45) is 5.73 Å². The zero-order valence-electron chi connectivity index (χ0n) is 10.00. The van der Waals surface area contributed by atoms with Gasteiger partial charge in [0.15, 0.2) is 6.61 Å². The lowest BCUT2D eigenvalue weighted by atomic mass is 10.2. The summed E-state index contributed by atoms with van der Waals surface area (Å²) in [6.45, 7) is 4.18. The Balaban J connectivity index is 2.65. The zero-order valence-corrected chi connectivity index (χ0v) is 11.6. The van der Waals surface area contributed by atoms with Gasteiger partial charge >= 0.3 is 0 Å². The highest BCUT2D eigenvalue weighted by Crippen LogP contribution is 2.28. The normalized spacial score (nSPS) is 10.4. The number of hydrogen-bond donors (Lipinski definition) is 2. The van der Waals surface area contributed by atoms with Crippen LogP contribution in [0.5, 0.6) is 5.75 Å². The van der Waals surface area contributed by atoms with Crippen molar-refractivity contribution >= 4 is 21.8 Å². The topological polar surface area (TPSA) is 64.3 Å². The molecule has 0 atom stereocenters. The largest absolute Gasteiger partial charge is 0.482 e. The maximum absolute atomic E-state index is 11.5. The molecule has 1 aromatic carbocycles. The SMILES string of the molecule is CC(C)NC(=O)COc1c(Br)cccc1CN. The van der Waals surface area contributed by atoms with Crippen molar-refractivity contribution in [3.8, 4) is 5.75 Å². The van der Waals surface area contributed by atoms with Gasteiger partial charge in [-0.3, -0.25) is 4.79 Å². The molecule has 17 heavy (non-hydrogen) atoms. The second-order valence-corrected chi connectivity index (χ2v) is 4.80. The number of rotatable bonds is 5. The Morgan fingerprint density at radius 1 is 1.53 bits per heavy atom. The van der Waals surface area contributed by atoms with E-state index in [1.54, 1.807) is 0 Å². The van der Waals surface area contributed by atoms with Gasteiger partial charge in [-0.15, -0.1) is 0 Å². The Labute approximate surface area is 110 Å². The number of ether oxygens (including phenoxy) is 1. The Morgan fingerprint density at radius 2 is 2.24 bits per heavy atom. The third kappa shape index (κ3) is 4.36. The molecule has 94 valence electrons. The minimum absolute atomic E-state index is 0.00616. The fourth-order valence-corrected chi connectivity index (χ4v) is 1.90. The van der Waals surface area contributed by atoms with Crippen molar-refractivity contribution in [2.45, 2.75) is 26.4 Å². The summed E-state index contributed by atoms with van der Waals surface area (Å²) in [7, 11) is 0. The van der Waals surface area contributed by atoms with Gasteiger partial charge in [0.05, 0.1) is 4.47 Å². The number of amides is 1. The predicted molar refractivity (Wildman–Crippen MR) is 70.8 cm³/mol. The summed E-state index contributed by atoms with van der Waals surface area (Å²) in [6.07, 6.45) is 0. The van der Waals surface area contributed by atoms with Crippen LogP contribution in [0.3, 0.4) is 0 Å². The first-order valence-electron chi connectivity index (χ1n) is 5.44. The maximum atomic E-state index is 11.5. The Hall–Kier alpha value is -1.07. The van der Waals surface area contributed by atoms with Crippen LogP contribution >= 0.6 is 15.9 Å². The molecule has 1 amide bonds. The molecular formula is C12H17BrN2O2. The third-order valence-electron chi connectivity index (χ3n) is 2.07. The molecule has 0 radical (unpaired) electrons. The van der Waals surface area contributed by atoms with E-state index in [1.165, 1.54) is 0 Å². The number of nitrogens with two attached hydrogens (primary N) is 1. The van der Waals surface area contributed by atoms with Gasteiger partial charge in [0, 0.05) is 18.2 Å². The molecular weight excluding hydrogens is 284 g/mol. The summed E-state index contributed by atoms with van der Waals surface area (Å²) < 4.78 is 6.29. The highest BCUT2D eigenvalue weighted by atomic mass is 79.9. The smallest absolute Gasteiger partial charge is 0.258 e. The van der Waals surface area contributed by atoms with E-state index in [9.17, 15) is 4.79 Å². The van der Waals surface area contributed by atoms with Crippen molar-refractivity contribution in [1.82, 2.24) is 5.32 Å². The summed E-state index contributed by atoms with van der Waals surface area (Å²) in [5.74, 6) is 0.493. The lowest BCUT2D eigenvalue weighted by Crippen LogP contribution is -2.34. The molecule has 3 N–H and O–H groups in total. The number of benzene rings is 1. The van der Waals surface area contributed by atoms with E-state index in [0.717, 1.165) is 10.0 Å². The van der Waals surface area contributed by atoms with Crippen LogP contribution in [0.25, 0.3) is 0 Å². The molecule has 0 heterocycles. The van der Waals surface area contributed by atoms with E-state index < -0.39 is 0 Å².